The number of likely N-dealkylation sites (tertiary alicyclic amines) is 1. The third-order valence-corrected chi connectivity index (χ3v) is 7.81. The first-order chi connectivity index (χ1) is 12.4. The molecule has 1 aromatic carbocycles. The Labute approximate surface area is 153 Å². The van der Waals surface area contributed by atoms with Gasteiger partial charge in [-0.15, -0.1) is 0 Å². The standard InChI is InChI=1S/C18H23FN2O4S/c1-25-16-17(22)21(12-13-5-6-13)18(16)7-9-20(10-8-18)26(23,24)15-4-2-3-14(19)11-15/h2-4,11,13,16H,5-10,12H2,1H3. The second-order valence-electron chi connectivity index (χ2n) is 7.47. The van der Waals surface area contributed by atoms with Crippen LogP contribution in [0.4, 0.5) is 4.39 Å². The number of sulfonamides is 1. The van der Waals surface area contributed by atoms with Crippen molar-refractivity contribution >= 4 is 15.9 Å². The number of carbonyl (C=O) groups excluding carboxylic acids is 1. The first-order valence-electron chi connectivity index (χ1n) is 8.98. The molecule has 26 heavy (non-hydrogen) atoms. The lowest BCUT2D eigenvalue weighted by Crippen LogP contribution is -2.77. The minimum absolute atomic E-state index is 0.0147. The SMILES string of the molecule is COC1C(=O)N(CC2CC2)C12CCN(S(=O)(=O)c1cccc(F)c1)CC2. The Kier molecular flexibility index (Phi) is 4.32. The molecule has 0 N–H and O–H groups in total. The molecule has 1 saturated carbocycles. The molecule has 2 heterocycles. The lowest BCUT2D eigenvalue weighted by Gasteiger charge is -2.59. The number of nitrogens with zero attached hydrogens (tertiary/aromatic N) is 2. The van der Waals surface area contributed by atoms with Gasteiger partial charge < -0.3 is 9.64 Å². The Morgan fingerprint density at radius 1 is 1.27 bits per heavy atom. The summed E-state index contributed by atoms with van der Waals surface area (Å²) in [7, 11) is -2.20. The molecule has 1 amide bonds. The molecule has 0 bridgehead atoms. The van der Waals surface area contributed by atoms with Crippen LogP contribution in [0.2, 0.25) is 0 Å². The highest BCUT2D eigenvalue weighted by Gasteiger charge is 2.62. The van der Waals surface area contributed by atoms with Crippen LogP contribution in [0.1, 0.15) is 25.7 Å². The maximum atomic E-state index is 13.4. The molecule has 3 aliphatic rings. The smallest absolute Gasteiger partial charge is 0.254 e. The van der Waals surface area contributed by atoms with Crippen molar-refractivity contribution in [3.8, 4) is 0 Å². The number of piperidine rings is 1. The minimum Gasteiger partial charge on any atom is -0.369 e. The molecule has 0 aromatic heterocycles. The zero-order valence-electron chi connectivity index (χ0n) is 14.7. The van der Waals surface area contributed by atoms with Gasteiger partial charge >= 0.3 is 0 Å². The van der Waals surface area contributed by atoms with Crippen molar-refractivity contribution in [1.29, 1.82) is 0 Å². The number of carbonyl (C=O) groups is 1. The quantitative estimate of drug-likeness (QED) is 0.726. The molecule has 0 radical (unpaired) electrons. The van der Waals surface area contributed by atoms with Gasteiger partial charge in [-0.3, -0.25) is 4.79 Å². The number of benzene rings is 1. The normalized spacial score (nSPS) is 26.2. The average Bonchev–Trinajstić information content (AvgIpc) is 3.45. The van der Waals surface area contributed by atoms with Crippen LogP contribution < -0.4 is 0 Å². The molecule has 1 aromatic rings. The molecular weight excluding hydrogens is 359 g/mol. The van der Waals surface area contributed by atoms with E-state index < -0.39 is 27.5 Å². The summed E-state index contributed by atoms with van der Waals surface area (Å²) >= 11 is 0. The highest BCUT2D eigenvalue weighted by Crippen LogP contribution is 2.46. The molecule has 1 atom stereocenters. The van der Waals surface area contributed by atoms with Gasteiger partial charge in [0, 0.05) is 26.7 Å². The maximum absolute atomic E-state index is 13.4. The van der Waals surface area contributed by atoms with E-state index in [0.29, 0.717) is 31.8 Å². The summed E-state index contributed by atoms with van der Waals surface area (Å²) in [5, 5.41) is 0. The minimum atomic E-state index is -3.74. The van der Waals surface area contributed by atoms with E-state index in [2.05, 4.69) is 0 Å². The van der Waals surface area contributed by atoms with Gasteiger partial charge in [-0.1, -0.05) is 6.07 Å². The van der Waals surface area contributed by atoms with E-state index >= 15 is 0 Å². The van der Waals surface area contributed by atoms with Crippen LogP contribution in [-0.4, -0.2) is 61.9 Å². The molecule has 8 heteroatoms. The summed E-state index contributed by atoms with van der Waals surface area (Å²) in [6.07, 6.45) is 2.90. The molecule has 2 aliphatic heterocycles. The topological polar surface area (TPSA) is 66.9 Å². The predicted molar refractivity (Wildman–Crippen MR) is 92.4 cm³/mol. The monoisotopic (exact) mass is 382 g/mol. The fourth-order valence-electron chi connectivity index (χ4n) is 4.24. The molecular formula is C18H23FN2O4S. The molecule has 1 aliphatic carbocycles. The van der Waals surface area contributed by atoms with Crippen molar-refractivity contribution in [2.75, 3.05) is 26.7 Å². The summed E-state index contributed by atoms with van der Waals surface area (Å²) in [5.41, 5.74) is -0.400. The maximum Gasteiger partial charge on any atom is 0.254 e. The van der Waals surface area contributed by atoms with E-state index in [-0.39, 0.29) is 10.8 Å². The lowest BCUT2D eigenvalue weighted by atomic mass is 9.73. The van der Waals surface area contributed by atoms with Crippen LogP contribution >= 0.6 is 0 Å². The number of hydrogen-bond donors (Lipinski definition) is 0. The highest BCUT2D eigenvalue weighted by atomic mass is 32.2. The Morgan fingerprint density at radius 2 is 1.96 bits per heavy atom. The van der Waals surface area contributed by atoms with Gasteiger partial charge in [-0.25, -0.2) is 12.8 Å². The van der Waals surface area contributed by atoms with Gasteiger partial charge in [-0.05, 0) is 49.8 Å². The Hall–Kier alpha value is -1.51. The number of amides is 1. The zero-order chi connectivity index (χ0) is 18.5. The molecule has 3 fully saturated rings. The molecule has 4 rings (SSSR count). The van der Waals surface area contributed by atoms with E-state index in [1.807, 2.05) is 4.90 Å². The molecule has 6 nitrogen and oxygen atoms in total. The number of ether oxygens (including phenoxy) is 1. The molecule has 2 saturated heterocycles. The number of β-lactam (4-membered cyclic amide) rings is 1. The van der Waals surface area contributed by atoms with Crippen LogP contribution in [0.5, 0.6) is 0 Å². The predicted octanol–water partition coefficient (Wildman–Crippen LogP) is 1.62. The van der Waals surface area contributed by atoms with Gasteiger partial charge in [-0.2, -0.15) is 4.31 Å². The summed E-state index contributed by atoms with van der Waals surface area (Å²) < 4.78 is 45.8. The number of methoxy groups -OCH3 is 1. The van der Waals surface area contributed by atoms with Crippen LogP contribution in [0.25, 0.3) is 0 Å². The van der Waals surface area contributed by atoms with Crippen molar-refractivity contribution in [3.63, 3.8) is 0 Å². The number of rotatable bonds is 5. The third kappa shape index (κ3) is 2.75. The van der Waals surface area contributed by atoms with Gasteiger partial charge in [0.25, 0.3) is 5.91 Å². The average molecular weight is 382 g/mol. The zero-order valence-corrected chi connectivity index (χ0v) is 15.5. The van der Waals surface area contributed by atoms with E-state index in [0.717, 1.165) is 25.5 Å². The van der Waals surface area contributed by atoms with Crippen molar-refractivity contribution in [2.24, 2.45) is 5.92 Å². The van der Waals surface area contributed by atoms with Crippen LogP contribution in [0.15, 0.2) is 29.2 Å². The number of hydrogen-bond acceptors (Lipinski definition) is 4. The van der Waals surface area contributed by atoms with E-state index in [1.165, 1.54) is 29.6 Å². The van der Waals surface area contributed by atoms with Gasteiger partial charge in [0.15, 0.2) is 6.10 Å². The Bertz CT molecular complexity index is 816. The van der Waals surface area contributed by atoms with Crippen molar-refractivity contribution in [1.82, 2.24) is 9.21 Å². The molecule has 142 valence electrons. The third-order valence-electron chi connectivity index (χ3n) is 5.91. The first-order valence-corrected chi connectivity index (χ1v) is 10.4. The lowest BCUT2D eigenvalue weighted by molar-refractivity contribution is -0.197. The second-order valence-corrected chi connectivity index (χ2v) is 9.41. The first kappa shape index (κ1) is 17.9. The van der Waals surface area contributed by atoms with Crippen LogP contribution in [0, 0.1) is 11.7 Å². The summed E-state index contributed by atoms with van der Waals surface area (Å²) in [4.78, 5) is 14.3. The van der Waals surface area contributed by atoms with Crippen molar-refractivity contribution in [2.45, 2.75) is 42.2 Å². The van der Waals surface area contributed by atoms with Crippen molar-refractivity contribution in [3.05, 3.63) is 30.1 Å². The van der Waals surface area contributed by atoms with Crippen molar-refractivity contribution < 1.29 is 22.3 Å². The van der Waals surface area contributed by atoms with Crippen LogP contribution in [-0.2, 0) is 19.6 Å². The van der Waals surface area contributed by atoms with E-state index in [9.17, 15) is 17.6 Å². The largest absolute Gasteiger partial charge is 0.369 e. The fourth-order valence-corrected chi connectivity index (χ4v) is 5.71. The Morgan fingerprint density at radius 3 is 2.54 bits per heavy atom. The van der Waals surface area contributed by atoms with Gasteiger partial charge in [0.05, 0.1) is 10.4 Å². The van der Waals surface area contributed by atoms with Gasteiger partial charge in [0.2, 0.25) is 10.0 Å². The summed E-state index contributed by atoms with van der Waals surface area (Å²) in [6.45, 7) is 1.34. The Balaban J connectivity index is 1.51. The molecule has 1 spiro atoms. The highest BCUT2D eigenvalue weighted by molar-refractivity contribution is 7.89. The van der Waals surface area contributed by atoms with Crippen LogP contribution in [0.3, 0.4) is 0 Å². The summed E-state index contributed by atoms with van der Waals surface area (Å²) in [5.74, 6) is 0.0164. The summed E-state index contributed by atoms with van der Waals surface area (Å²) in [6, 6.07) is 5.08. The van der Waals surface area contributed by atoms with Gasteiger partial charge in [0.1, 0.15) is 5.82 Å². The van der Waals surface area contributed by atoms with E-state index in [1.54, 1.807) is 0 Å². The van der Waals surface area contributed by atoms with E-state index in [4.69, 9.17) is 4.74 Å². The molecule has 1 unspecified atom stereocenters. The number of halogens is 1. The fraction of sp³-hybridized carbons (Fsp3) is 0.611. The second kappa shape index (κ2) is 6.28.